The molecule has 1 aliphatic carbocycles. The number of halogens is 1. The number of anilines is 1. The van der Waals surface area contributed by atoms with Gasteiger partial charge in [0.05, 0.1) is 0 Å². The molecule has 1 aliphatic rings. The Morgan fingerprint density at radius 3 is 2.47 bits per heavy atom. The summed E-state index contributed by atoms with van der Waals surface area (Å²) in [4.78, 5) is 11.9. The lowest BCUT2D eigenvalue weighted by Crippen LogP contribution is -2.14. The molecule has 1 amide bonds. The number of carbonyl (C=O) groups is 1. The van der Waals surface area contributed by atoms with E-state index >= 15 is 0 Å². The molecule has 2 nitrogen and oxygen atoms in total. The summed E-state index contributed by atoms with van der Waals surface area (Å²) >= 11 is 5.73. The first-order chi connectivity index (χ1) is 9.28. The summed E-state index contributed by atoms with van der Waals surface area (Å²) in [5.41, 5.74) is 1.93. The molecular weight excluding hydrogens is 258 g/mol. The van der Waals surface area contributed by atoms with Crippen LogP contribution in [0.2, 0.25) is 0 Å². The average molecular weight is 280 g/mol. The van der Waals surface area contributed by atoms with Crippen molar-refractivity contribution < 1.29 is 4.79 Å². The Bertz CT molecular complexity index is 396. The zero-order valence-electron chi connectivity index (χ0n) is 11.3. The number of nitrogens with one attached hydrogen (secondary N) is 1. The van der Waals surface area contributed by atoms with Crippen LogP contribution in [-0.2, 0) is 10.7 Å². The molecule has 0 heterocycles. The Balaban J connectivity index is 1.73. The van der Waals surface area contributed by atoms with Crippen LogP contribution in [0.5, 0.6) is 0 Å². The van der Waals surface area contributed by atoms with Gasteiger partial charge in [0.1, 0.15) is 0 Å². The van der Waals surface area contributed by atoms with Crippen molar-refractivity contribution >= 4 is 23.2 Å². The molecule has 0 radical (unpaired) electrons. The predicted molar refractivity (Wildman–Crippen MR) is 80.4 cm³/mol. The Hall–Kier alpha value is -1.02. The van der Waals surface area contributed by atoms with E-state index in [0.717, 1.165) is 23.6 Å². The van der Waals surface area contributed by atoms with Crippen LogP contribution in [0.15, 0.2) is 24.3 Å². The lowest BCUT2D eigenvalue weighted by atomic mass is 9.86. The third kappa shape index (κ3) is 4.87. The maximum atomic E-state index is 11.9. The highest BCUT2D eigenvalue weighted by molar-refractivity contribution is 6.17. The molecule has 2 rings (SSSR count). The van der Waals surface area contributed by atoms with E-state index in [1.807, 2.05) is 24.3 Å². The van der Waals surface area contributed by atoms with Crippen molar-refractivity contribution in [2.75, 3.05) is 5.32 Å². The first-order valence-corrected chi connectivity index (χ1v) is 7.76. The Labute approximate surface area is 120 Å². The van der Waals surface area contributed by atoms with E-state index in [1.54, 1.807) is 0 Å². The molecular formula is C16H22ClNO. The van der Waals surface area contributed by atoms with Crippen molar-refractivity contribution in [3.8, 4) is 0 Å². The Kier molecular flexibility index (Phi) is 5.71. The molecule has 0 atom stereocenters. The second-order valence-electron chi connectivity index (χ2n) is 5.42. The van der Waals surface area contributed by atoms with Gasteiger partial charge in [0.15, 0.2) is 0 Å². The molecule has 0 aromatic heterocycles. The van der Waals surface area contributed by atoms with Gasteiger partial charge in [0.2, 0.25) is 5.91 Å². The number of hydrogen-bond acceptors (Lipinski definition) is 1. The van der Waals surface area contributed by atoms with Crippen LogP contribution in [0, 0.1) is 5.92 Å². The molecule has 0 bridgehead atoms. The van der Waals surface area contributed by atoms with Crippen molar-refractivity contribution in [2.45, 2.75) is 50.8 Å². The smallest absolute Gasteiger partial charge is 0.224 e. The van der Waals surface area contributed by atoms with Crippen LogP contribution in [-0.4, -0.2) is 5.91 Å². The fourth-order valence-electron chi connectivity index (χ4n) is 2.71. The number of rotatable bonds is 5. The summed E-state index contributed by atoms with van der Waals surface area (Å²) in [6, 6.07) is 7.72. The zero-order chi connectivity index (χ0) is 13.5. The van der Waals surface area contributed by atoms with Crippen molar-refractivity contribution in [1.29, 1.82) is 0 Å². The topological polar surface area (TPSA) is 29.1 Å². The van der Waals surface area contributed by atoms with Crippen LogP contribution in [0.4, 0.5) is 5.69 Å². The molecule has 1 aromatic carbocycles. The SMILES string of the molecule is O=C(CCC1CCCCC1)Nc1ccc(CCl)cc1. The van der Waals surface area contributed by atoms with Gasteiger partial charge in [-0.25, -0.2) is 0 Å². The highest BCUT2D eigenvalue weighted by atomic mass is 35.5. The van der Waals surface area contributed by atoms with Crippen molar-refractivity contribution in [3.63, 3.8) is 0 Å². The highest BCUT2D eigenvalue weighted by Crippen LogP contribution is 2.27. The number of amides is 1. The molecule has 0 saturated heterocycles. The molecule has 104 valence electrons. The Morgan fingerprint density at radius 1 is 1.16 bits per heavy atom. The van der Waals surface area contributed by atoms with Crippen molar-refractivity contribution in [2.24, 2.45) is 5.92 Å². The van der Waals surface area contributed by atoms with Gasteiger partial charge in [0, 0.05) is 18.0 Å². The van der Waals surface area contributed by atoms with Crippen molar-refractivity contribution in [1.82, 2.24) is 0 Å². The molecule has 3 heteroatoms. The first kappa shape index (κ1) is 14.4. The van der Waals surface area contributed by atoms with Crippen LogP contribution < -0.4 is 5.32 Å². The maximum absolute atomic E-state index is 11.9. The summed E-state index contributed by atoms with van der Waals surface area (Å²) in [7, 11) is 0. The molecule has 0 unspecified atom stereocenters. The minimum atomic E-state index is 0.129. The predicted octanol–water partition coefficient (Wildman–Crippen LogP) is 4.72. The summed E-state index contributed by atoms with van der Waals surface area (Å²) in [6.45, 7) is 0. The lowest BCUT2D eigenvalue weighted by molar-refractivity contribution is -0.116. The lowest BCUT2D eigenvalue weighted by Gasteiger charge is -2.20. The maximum Gasteiger partial charge on any atom is 0.224 e. The third-order valence-corrected chi connectivity index (χ3v) is 4.20. The summed E-state index contributed by atoms with van der Waals surface area (Å²) in [5, 5.41) is 2.95. The number of carbonyl (C=O) groups excluding carboxylic acids is 1. The van der Waals surface area contributed by atoms with Crippen molar-refractivity contribution in [3.05, 3.63) is 29.8 Å². The molecule has 1 aromatic rings. The average Bonchev–Trinajstić information content (AvgIpc) is 2.47. The second kappa shape index (κ2) is 7.54. The van der Waals surface area contributed by atoms with E-state index < -0.39 is 0 Å². The monoisotopic (exact) mass is 279 g/mol. The van der Waals surface area contributed by atoms with E-state index in [0.29, 0.717) is 12.3 Å². The fraction of sp³-hybridized carbons (Fsp3) is 0.562. The van der Waals surface area contributed by atoms with E-state index in [1.165, 1.54) is 32.1 Å². The summed E-state index contributed by atoms with van der Waals surface area (Å²) in [5.74, 6) is 1.40. The van der Waals surface area contributed by atoms with Gasteiger partial charge in [0.25, 0.3) is 0 Å². The van der Waals surface area contributed by atoms with Crippen LogP contribution in [0.25, 0.3) is 0 Å². The van der Waals surface area contributed by atoms with Crippen LogP contribution in [0.1, 0.15) is 50.5 Å². The van der Waals surface area contributed by atoms with Gasteiger partial charge in [-0.2, -0.15) is 0 Å². The fourth-order valence-corrected chi connectivity index (χ4v) is 2.89. The normalized spacial score (nSPS) is 16.3. The minimum absolute atomic E-state index is 0.129. The van der Waals surface area contributed by atoms with Gasteiger partial charge in [-0.05, 0) is 30.0 Å². The molecule has 19 heavy (non-hydrogen) atoms. The highest BCUT2D eigenvalue weighted by Gasteiger charge is 2.14. The standard InChI is InChI=1S/C16H22ClNO/c17-12-14-6-9-15(10-7-14)18-16(19)11-8-13-4-2-1-3-5-13/h6-7,9-10,13H,1-5,8,11-12H2,(H,18,19). The Morgan fingerprint density at radius 2 is 1.84 bits per heavy atom. The van der Waals surface area contributed by atoms with Gasteiger partial charge >= 0.3 is 0 Å². The van der Waals surface area contributed by atoms with Crippen LogP contribution in [0.3, 0.4) is 0 Å². The largest absolute Gasteiger partial charge is 0.326 e. The summed E-state index contributed by atoms with van der Waals surface area (Å²) < 4.78 is 0. The van der Waals surface area contributed by atoms with Gasteiger partial charge in [-0.15, -0.1) is 11.6 Å². The molecule has 0 spiro atoms. The number of alkyl halides is 1. The molecule has 1 fully saturated rings. The zero-order valence-corrected chi connectivity index (χ0v) is 12.1. The molecule has 0 aliphatic heterocycles. The van der Waals surface area contributed by atoms with E-state index in [4.69, 9.17) is 11.6 Å². The molecule has 1 N–H and O–H groups in total. The third-order valence-electron chi connectivity index (χ3n) is 3.90. The summed E-state index contributed by atoms with van der Waals surface area (Å²) in [6.07, 6.45) is 8.33. The van der Waals surface area contributed by atoms with E-state index in [9.17, 15) is 4.79 Å². The van der Waals surface area contributed by atoms with E-state index in [2.05, 4.69) is 5.32 Å². The van der Waals surface area contributed by atoms with Gasteiger partial charge < -0.3 is 5.32 Å². The minimum Gasteiger partial charge on any atom is -0.326 e. The number of benzene rings is 1. The second-order valence-corrected chi connectivity index (χ2v) is 5.69. The molecule has 1 saturated carbocycles. The van der Waals surface area contributed by atoms with Gasteiger partial charge in [-0.1, -0.05) is 44.2 Å². The van der Waals surface area contributed by atoms with E-state index in [-0.39, 0.29) is 5.91 Å². The quantitative estimate of drug-likeness (QED) is 0.776. The van der Waals surface area contributed by atoms with Crippen LogP contribution >= 0.6 is 11.6 Å². The first-order valence-electron chi connectivity index (χ1n) is 7.22. The number of hydrogen-bond donors (Lipinski definition) is 1. The van der Waals surface area contributed by atoms with Gasteiger partial charge in [-0.3, -0.25) is 4.79 Å².